The molecule has 0 unspecified atom stereocenters. The van der Waals surface area contributed by atoms with Gasteiger partial charge in [0.2, 0.25) is 0 Å². The summed E-state index contributed by atoms with van der Waals surface area (Å²) in [6.45, 7) is 5.12. The Labute approximate surface area is 210 Å². The lowest BCUT2D eigenvalue weighted by Gasteiger charge is -2.25. The van der Waals surface area contributed by atoms with Crippen LogP contribution in [0.1, 0.15) is 44.5 Å². The third-order valence-corrected chi connectivity index (χ3v) is 8.24. The summed E-state index contributed by atoms with van der Waals surface area (Å²) >= 11 is 0. The van der Waals surface area contributed by atoms with E-state index in [4.69, 9.17) is 18.9 Å². The zero-order valence-corrected chi connectivity index (χ0v) is 20.1. The second kappa shape index (κ2) is 8.12. The van der Waals surface area contributed by atoms with Gasteiger partial charge in [-0.1, -0.05) is 60.7 Å². The van der Waals surface area contributed by atoms with E-state index >= 15 is 0 Å². The fraction of sp³-hybridized carbons (Fsp3) is 0.250. The molecule has 0 spiro atoms. The summed E-state index contributed by atoms with van der Waals surface area (Å²) in [5, 5.41) is 0. The van der Waals surface area contributed by atoms with Crippen LogP contribution in [0.5, 0.6) is 0 Å². The highest BCUT2D eigenvalue weighted by Crippen LogP contribution is 2.53. The van der Waals surface area contributed by atoms with Gasteiger partial charge in [0, 0.05) is 0 Å². The van der Waals surface area contributed by atoms with Crippen molar-refractivity contribution >= 4 is 0 Å². The Morgan fingerprint density at radius 1 is 0.306 bits per heavy atom. The minimum absolute atomic E-state index is 0.620. The summed E-state index contributed by atoms with van der Waals surface area (Å²) in [5.74, 6) is 0. The molecule has 36 heavy (non-hydrogen) atoms. The number of fused-ring (bicyclic) bond motifs is 6. The Kier molecular flexibility index (Phi) is 4.71. The van der Waals surface area contributed by atoms with Crippen molar-refractivity contribution in [1.82, 2.24) is 0 Å². The molecule has 8 rings (SSSR count). The summed E-state index contributed by atoms with van der Waals surface area (Å²) in [4.78, 5) is 0. The molecule has 4 heterocycles. The van der Waals surface area contributed by atoms with Gasteiger partial charge < -0.3 is 18.9 Å². The Balaban J connectivity index is 1.57. The molecule has 0 N–H and O–H groups in total. The van der Waals surface area contributed by atoms with Gasteiger partial charge in [-0.25, -0.2) is 0 Å². The number of ether oxygens (including phenoxy) is 4. The first-order chi connectivity index (χ1) is 17.9. The van der Waals surface area contributed by atoms with Crippen LogP contribution >= 0.6 is 0 Å². The Hall–Kier alpha value is -3.28. The average molecular weight is 475 g/mol. The van der Waals surface area contributed by atoms with E-state index in [0.29, 0.717) is 52.9 Å². The third kappa shape index (κ3) is 2.90. The molecule has 4 nitrogen and oxygen atoms in total. The molecule has 4 heteroatoms. The molecular formula is C32H26O4. The van der Waals surface area contributed by atoms with E-state index < -0.39 is 0 Å². The van der Waals surface area contributed by atoms with E-state index in [-0.39, 0.29) is 0 Å². The largest absolute Gasteiger partial charge is 0.372 e. The fourth-order valence-corrected chi connectivity index (χ4v) is 6.69. The minimum atomic E-state index is 0.620. The molecule has 0 radical (unpaired) electrons. The molecule has 0 amide bonds. The molecule has 4 aromatic rings. The van der Waals surface area contributed by atoms with Crippen molar-refractivity contribution in [3.05, 3.63) is 105 Å². The van der Waals surface area contributed by atoms with E-state index in [2.05, 4.69) is 60.7 Å². The smallest absolute Gasteiger partial charge is 0.0731 e. The summed E-state index contributed by atoms with van der Waals surface area (Å²) in [7, 11) is 0. The maximum atomic E-state index is 6.14. The van der Waals surface area contributed by atoms with Gasteiger partial charge in [-0.15, -0.1) is 0 Å². The Morgan fingerprint density at radius 3 is 0.917 bits per heavy atom. The highest BCUT2D eigenvalue weighted by Gasteiger charge is 2.36. The van der Waals surface area contributed by atoms with E-state index in [9.17, 15) is 0 Å². The first-order valence-corrected chi connectivity index (χ1v) is 12.7. The van der Waals surface area contributed by atoms with Gasteiger partial charge in [-0.2, -0.15) is 0 Å². The zero-order chi connectivity index (χ0) is 23.6. The molecule has 0 aliphatic carbocycles. The molecule has 4 aliphatic heterocycles. The lowest BCUT2D eigenvalue weighted by Crippen LogP contribution is -2.07. The molecule has 0 atom stereocenters. The van der Waals surface area contributed by atoms with Gasteiger partial charge in [0.05, 0.1) is 52.9 Å². The van der Waals surface area contributed by atoms with Gasteiger partial charge in [0.25, 0.3) is 0 Å². The second-order valence-corrected chi connectivity index (χ2v) is 10.0. The molecule has 0 saturated carbocycles. The third-order valence-electron chi connectivity index (χ3n) is 8.24. The summed E-state index contributed by atoms with van der Waals surface area (Å²) in [6, 6.07) is 21.6. The summed E-state index contributed by atoms with van der Waals surface area (Å²) in [5.41, 5.74) is 18.2. The molecule has 0 aromatic heterocycles. The van der Waals surface area contributed by atoms with Crippen LogP contribution in [0.3, 0.4) is 0 Å². The normalized spacial score (nSPS) is 17.2. The van der Waals surface area contributed by atoms with Crippen LogP contribution in [0.25, 0.3) is 33.4 Å². The number of benzene rings is 4. The van der Waals surface area contributed by atoms with Crippen LogP contribution < -0.4 is 0 Å². The van der Waals surface area contributed by atoms with Gasteiger partial charge in [0.1, 0.15) is 0 Å². The first kappa shape index (κ1) is 20.9. The van der Waals surface area contributed by atoms with Gasteiger partial charge in [-0.3, -0.25) is 0 Å². The highest BCUT2D eigenvalue weighted by molar-refractivity contribution is 5.99. The van der Waals surface area contributed by atoms with Crippen LogP contribution in [0.4, 0.5) is 0 Å². The lowest BCUT2D eigenvalue weighted by molar-refractivity contribution is 0.126. The predicted molar refractivity (Wildman–Crippen MR) is 137 cm³/mol. The second-order valence-electron chi connectivity index (χ2n) is 10.0. The fourth-order valence-electron chi connectivity index (χ4n) is 6.69. The van der Waals surface area contributed by atoms with Crippen molar-refractivity contribution in [3.63, 3.8) is 0 Å². The van der Waals surface area contributed by atoms with Gasteiger partial charge in [-0.05, 0) is 77.9 Å². The van der Waals surface area contributed by atoms with Crippen LogP contribution in [0, 0.1) is 0 Å². The SMILES string of the molecule is c1ccc(-c2c3c(c4c(c2-c2c5c(c6c(c2-c2ccccc2)COC6)COC5)COC4)COC3)cc1. The van der Waals surface area contributed by atoms with Crippen molar-refractivity contribution in [2.75, 3.05) is 0 Å². The van der Waals surface area contributed by atoms with Crippen LogP contribution in [-0.2, 0) is 71.8 Å². The van der Waals surface area contributed by atoms with Gasteiger partial charge >= 0.3 is 0 Å². The van der Waals surface area contributed by atoms with Crippen molar-refractivity contribution in [2.24, 2.45) is 0 Å². The predicted octanol–water partition coefficient (Wildman–Crippen LogP) is 6.81. The summed E-state index contributed by atoms with van der Waals surface area (Å²) in [6.07, 6.45) is 0. The zero-order valence-electron chi connectivity index (χ0n) is 20.1. The topological polar surface area (TPSA) is 36.9 Å². The van der Waals surface area contributed by atoms with E-state index in [0.717, 1.165) is 0 Å². The molecule has 0 bridgehead atoms. The van der Waals surface area contributed by atoms with E-state index in [1.165, 1.54) is 77.9 Å². The maximum absolute atomic E-state index is 6.14. The minimum Gasteiger partial charge on any atom is -0.372 e. The number of hydrogen-bond acceptors (Lipinski definition) is 4. The number of hydrogen-bond donors (Lipinski definition) is 0. The van der Waals surface area contributed by atoms with Gasteiger partial charge in [0.15, 0.2) is 0 Å². The monoisotopic (exact) mass is 474 g/mol. The van der Waals surface area contributed by atoms with Crippen molar-refractivity contribution in [2.45, 2.75) is 52.9 Å². The van der Waals surface area contributed by atoms with E-state index in [1.807, 2.05) is 0 Å². The molecule has 4 aromatic carbocycles. The van der Waals surface area contributed by atoms with Crippen LogP contribution in [0.2, 0.25) is 0 Å². The van der Waals surface area contributed by atoms with Crippen molar-refractivity contribution in [1.29, 1.82) is 0 Å². The van der Waals surface area contributed by atoms with Crippen molar-refractivity contribution in [3.8, 4) is 33.4 Å². The van der Waals surface area contributed by atoms with Crippen LogP contribution in [0.15, 0.2) is 60.7 Å². The lowest BCUT2D eigenvalue weighted by atomic mass is 9.76. The molecule has 0 saturated heterocycles. The molecule has 0 fully saturated rings. The van der Waals surface area contributed by atoms with Crippen molar-refractivity contribution < 1.29 is 18.9 Å². The Morgan fingerprint density at radius 2 is 0.583 bits per heavy atom. The maximum Gasteiger partial charge on any atom is 0.0731 e. The molecule has 4 aliphatic rings. The highest BCUT2D eigenvalue weighted by atomic mass is 16.5. The average Bonchev–Trinajstić information content (AvgIpc) is 3.73. The summed E-state index contributed by atoms with van der Waals surface area (Å²) < 4.78 is 24.4. The molecule has 178 valence electrons. The quantitative estimate of drug-likeness (QED) is 0.327. The molecular weight excluding hydrogens is 448 g/mol. The Bertz CT molecular complexity index is 1410. The first-order valence-electron chi connectivity index (χ1n) is 12.7. The van der Waals surface area contributed by atoms with Crippen LogP contribution in [-0.4, -0.2) is 0 Å². The van der Waals surface area contributed by atoms with E-state index in [1.54, 1.807) is 0 Å². The number of rotatable bonds is 3. The standard InChI is InChI=1S/C32H26O4/c1-3-7-19(8-4-1)29-25-15-33-11-21(25)23-13-35-17-27(23)31(29)32-28-18-36-14-24(28)22-12-34-16-26(22)30(32)20-9-5-2-6-10-20/h1-10H,11-18H2.